The fourth-order valence-electron chi connectivity index (χ4n) is 4.53. The Morgan fingerprint density at radius 2 is 1.79 bits per heavy atom. The smallest absolute Gasteiger partial charge is 0.416 e. The number of imidazole rings is 1. The number of nitrogens with zero attached hydrogens (tertiary/aromatic N) is 3. The van der Waals surface area contributed by atoms with Crippen LogP contribution in [0, 0.1) is 0 Å². The Hall–Kier alpha value is -3.83. The van der Waals surface area contributed by atoms with E-state index in [-0.39, 0.29) is 16.9 Å². The van der Waals surface area contributed by atoms with E-state index in [0.29, 0.717) is 28.3 Å². The number of nitrogens with two attached hydrogens (primary N) is 1. The third-order valence-electron chi connectivity index (χ3n) is 6.67. The second-order valence-electron chi connectivity index (χ2n) is 9.35. The van der Waals surface area contributed by atoms with Crippen LogP contribution in [0.2, 0.25) is 0 Å². The average Bonchev–Trinajstić information content (AvgIpc) is 3.32. The maximum absolute atomic E-state index is 13.4. The number of sulfonamides is 1. The molecule has 7 nitrogen and oxygen atoms in total. The molecule has 0 aliphatic rings. The summed E-state index contributed by atoms with van der Waals surface area (Å²) in [5, 5.41) is 5.80. The molecule has 1 heterocycles. The van der Waals surface area contributed by atoms with Crippen molar-refractivity contribution in [2.24, 2.45) is 12.2 Å². The third-order valence-corrected chi connectivity index (χ3v) is 7.71. The lowest BCUT2D eigenvalue weighted by molar-refractivity contribution is -0.137. The average molecular weight is 559 g/mol. The summed E-state index contributed by atoms with van der Waals surface area (Å²) in [7, 11) is 0.751. The van der Waals surface area contributed by atoms with Crippen molar-refractivity contribution in [2.75, 3.05) is 19.1 Å². The van der Waals surface area contributed by atoms with E-state index in [2.05, 4.69) is 4.98 Å². The fourth-order valence-corrected chi connectivity index (χ4v) is 5.53. The highest BCUT2D eigenvalue weighted by Gasteiger charge is 2.32. The van der Waals surface area contributed by atoms with E-state index in [1.807, 2.05) is 12.1 Å². The summed E-state index contributed by atoms with van der Waals surface area (Å²) < 4.78 is 73.2. The van der Waals surface area contributed by atoms with Crippen LogP contribution in [0.4, 0.5) is 18.9 Å². The highest BCUT2D eigenvalue weighted by molar-refractivity contribution is 7.89. The minimum atomic E-state index is -4.49. The van der Waals surface area contributed by atoms with Crippen molar-refractivity contribution in [3.63, 3.8) is 0 Å². The lowest BCUT2D eigenvalue weighted by Crippen LogP contribution is -2.25. The van der Waals surface area contributed by atoms with Crippen molar-refractivity contribution < 1.29 is 26.3 Å². The van der Waals surface area contributed by atoms with Crippen LogP contribution in [0.5, 0.6) is 5.75 Å². The van der Waals surface area contributed by atoms with Crippen molar-refractivity contribution >= 4 is 15.7 Å². The molecule has 0 amide bonds. The topological polar surface area (TPSA) is 90.4 Å². The van der Waals surface area contributed by atoms with Gasteiger partial charge in [-0.1, -0.05) is 30.3 Å². The number of rotatable bonds is 8. The number of aryl methyl sites for hydroxylation is 1. The number of benzene rings is 3. The van der Waals surface area contributed by atoms with Gasteiger partial charge in [-0.3, -0.25) is 0 Å². The van der Waals surface area contributed by atoms with Crippen LogP contribution < -0.4 is 14.8 Å². The number of halogens is 3. The molecule has 0 bridgehead atoms. The van der Waals surface area contributed by atoms with Crippen molar-refractivity contribution in [1.29, 1.82) is 0 Å². The standard InChI is InChI=1S/C28H29F3N4O3S/c1-18(20-6-5-7-22(15-20)28(29,30)31)35(3)25-13-10-21(14-19-8-11-23(38-4)12-9-19)27(39(32,36)37)26(25)24-16-34(2)17-33-24/h5-13,15-18H,14H2,1-4H3,(H2,32,36,37)/t18-/m0/s1. The minimum absolute atomic E-state index is 0.0855. The van der Waals surface area contributed by atoms with Gasteiger partial charge in [0, 0.05) is 31.5 Å². The number of anilines is 1. The predicted octanol–water partition coefficient (Wildman–Crippen LogP) is 5.55. The summed E-state index contributed by atoms with van der Waals surface area (Å²) in [5.74, 6) is 0.667. The lowest BCUT2D eigenvalue weighted by Gasteiger charge is -2.31. The molecule has 0 saturated heterocycles. The molecule has 0 saturated carbocycles. The number of methoxy groups -OCH3 is 1. The van der Waals surface area contributed by atoms with Gasteiger partial charge < -0.3 is 14.2 Å². The van der Waals surface area contributed by atoms with Gasteiger partial charge in [-0.15, -0.1) is 0 Å². The van der Waals surface area contributed by atoms with Crippen LogP contribution in [0.1, 0.15) is 35.2 Å². The van der Waals surface area contributed by atoms with E-state index in [1.165, 1.54) is 6.07 Å². The molecule has 0 aliphatic carbocycles. The highest BCUT2D eigenvalue weighted by atomic mass is 32.2. The first kappa shape index (κ1) is 28.2. The van der Waals surface area contributed by atoms with Gasteiger partial charge in [0.15, 0.2) is 0 Å². The first-order chi connectivity index (χ1) is 18.3. The molecule has 0 fully saturated rings. The number of primary sulfonamides is 1. The second kappa shape index (κ2) is 10.7. The molecule has 0 radical (unpaired) electrons. The molecule has 11 heteroatoms. The Morgan fingerprint density at radius 3 is 2.36 bits per heavy atom. The molecular formula is C28H29F3N4O3S. The maximum atomic E-state index is 13.4. The summed E-state index contributed by atoms with van der Waals surface area (Å²) in [6.07, 6.45) is -1.01. The van der Waals surface area contributed by atoms with Crippen molar-refractivity contribution in [3.05, 3.63) is 95.4 Å². The summed E-state index contributed by atoms with van der Waals surface area (Å²) in [4.78, 5) is 6.05. The SMILES string of the molecule is COc1ccc(Cc2ccc(N(C)[C@@H](C)c3cccc(C(F)(F)F)c3)c(-c3cn(C)cn3)c2S(N)(=O)=O)cc1. The number of hydrogen-bond donors (Lipinski definition) is 1. The number of alkyl halides is 3. The molecular weight excluding hydrogens is 529 g/mol. The highest BCUT2D eigenvalue weighted by Crippen LogP contribution is 2.41. The van der Waals surface area contributed by atoms with Gasteiger partial charge in [-0.2, -0.15) is 13.2 Å². The van der Waals surface area contributed by atoms with E-state index in [0.717, 1.165) is 17.7 Å². The van der Waals surface area contributed by atoms with Crippen LogP contribution in [-0.2, 0) is 29.7 Å². The van der Waals surface area contributed by atoms with Crippen LogP contribution in [0.25, 0.3) is 11.3 Å². The molecule has 4 rings (SSSR count). The van der Waals surface area contributed by atoms with E-state index in [9.17, 15) is 21.6 Å². The fraction of sp³-hybridized carbons (Fsp3) is 0.250. The zero-order valence-corrected chi connectivity index (χ0v) is 22.7. The van der Waals surface area contributed by atoms with Crippen molar-refractivity contribution in [3.8, 4) is 17.0 Å². The van der Waals surface area contributed by atoms with E-state index in [1.54, 1.807) is 80.5 Å². The summed E-state index contributed by atoms with van der Waals surface area (Å²) in [6, 6.07) is 15.2. The first-order valence-electron chi connectivity index (χ1n) is 12.0. The summed E-state index contributed by atoms with van der Waals surface area (Å²) in [6.45, 7) is 1.75. The largest absolute Gasteiger partial charge is 0.497 e. The minimum Gasteiger partial charge on any atom is -0.497 e. The Kier molecular flexibility index (Phi) is 7.76. The van der Waals surface area contributed by atoms with Gasteiger partial charge in [-0.05, 0) is 60.4 Å². The van der Waals surface area contributed by atoms with Gasteiger partial charge in [-0.25, -0.2) is 18.5 Å². The molecule has 2 N–H and O–H groups in total. The quantitative estimate of drug-likeness (QED) is 0.306. The molecule has 3 aromatic carbocycles. The molecule has 4 aromatic rings. The number of ether oxygens (including phenoxy) is 1. The Balaban J connectivity index is 1.88. The summed E-state index contributed by atoms with van der Waals surface area (Å²) >= 11 is 0. The normalized spacial score (nSPS) is 12.8. The molecule has 1 aromatic heterocycles. The third kappa shape index (κ3) is 6.10. The van der Waals surface area contributed by atoms with E-state index < -0.39 is 27.8 Å². The summed E-state index contributed by atoms with van der Waals surface area (Å²) in [5.41, 5.74) is 2.07. The molecule has 0 spiro atoms. The van der Waals surface area contributed by atoms with Gasteiger partial charge >= 0.3 is 6.18 Å². The number of aromatic nitrogens is 2. The molecule has 39 heavy (non-hydrogen) atoms. The van der Waals surface area contributed by atoms with Crippen LogP contribution in [-0.4, -0.2) is 32.1 Å². The first-order valence-corrected chi connectivity index (χ1v) is 13.5. The van der Waals surface area contributed by atoms with Crippen molar-refractivity contribution in [1.82, 2.24) is 9.55 Å². The zero-order valence-electron chi connectivity index (χ0n) is 21.9. The van der Waals surface area contributed by atoms with Gasteiger partial charge in [0.05, 0.1) is 35.6 Å². The van der Waals surface area contributed by atoms with Gasteiger partial charge in [0.1, 0.15) is 5.75 Å². The second-order valence-corrected chi connectivity index (χ2v) is 10.9. The molecule has 0 aliphatic heterocycles. The molecule has 1 atom stereocenters. The predicted molar refractivity (Wildman–Crippen MR) is 144 cm³/mol. The van der Waals surface area contributed by atoms with Crippen LogP contribution in [0.3, 0.4) is 0 Å². The zero-order chi connectivity index (χ0) is 28.5. The van der Waals surface area contributed by atoms with Gasteiger partial charge in [0.25, 0.3) is 0 Å². The molecule has 206 valence electrons. The van der Waals surface area contributed by atoms with E-state index in [4.69, 9.17) is 9.88 Å². The maximum Gasteiger partial charge on any atom is 0.416 e. The Morgan fingerprint density at radius 1 is 1.10 bits per heavy atom. The van der Waals surface area contributed by atoms with Crippen LogP contribution in [0.15, 0.2) is 78.1 Å². The van der Waals surface area contributed by atoms with E-state index >= 15 is 0 Å². The van der Waals surface area contributed by atoms with Gasteiger partial charge in [0.2, 0.25) is 10.0 Å². The Bertz CT molecular complexity index is 1580. The molecule has 0 unspecified atom stereocenters. The van der Waals surface area contributed by atoms with Crippen LogP contribution >= 0.6 is 0 Å². The lowest BCUT2D eigenvalue weighted by atomic mass is 9.97. The van der Waals surface area contributed by atoms with Crippen molar-refractivity contribution in [2.45, 2.75) is 30.5 Å². The Labute approximate surface area is 225 Å². The number of hydrogen-bond acceptors (Lipinski definition) is 5. The monoisotopic (exact) mass is 558 g/mol.